The molecule has 3 heteroatoms. The minimum Gasteiger partial charge on any atom is -0.466 e. The Bertz CT molecular complexity index is 660. The summed E-state index contributed by atoms with van der Waals surface area (Å²) in [4.78, 5) is 15.0. The molecule has 0 radical (unpaired) electrons. The molecular formula is C48H97NO2. The fourth-order valence-electron chi connectivity index (χ4n) is 8.27. The molecule has 1 unspecified atom stereocenters. The lowest BCUT2D eigenvalue weighted by molar-refractivity contribution is -0.145. The van der Waals surface area contributed by atoms with E-state index in [2.05, 4.69) is 46.4 Å². The van der Waals surface area contributed by atoms with Crippen LogP contribution in [0.15, 0.2) is 0 Å². The third-order valence-electron chi connectivity index (χ3n) is 12.1. The zero-order valence-corrected chi connectivity index (χ0v) is 36.4. The summed E-state index contributed by atoms with van der Waals surface area (Å²) in [5.74, 6) is 2.52. The van der Waals surface area contributed by atoms with Crippen molar-refractivity contribution in [2.75, 3.05) is 26.2 Å². The van der Waals surface area contributed by atoms with E-state index in [1.54, 1.807) is 0 Å². The maximum absolute atomic E-state index is 12.3. The molecule has 0 bridgehead atoms. The van der Waals surface area contributed by atoms with Gasteiger partial charge in [0, 0.05) is 6.42 Å². The zero-order valence-electron chi connectivity index (χ0n) is 36.4. The summed E-state index contributed by atoms with van der Waals surface area (Å²) < 4.78 is 5.61. The monoisotopic (exact) mass is 720 g/mol. The van der Waals surface area contributed by atoms with Gasteiger partial charge in [-0.05, 0) is 63.1 Å². The molecule has 0 heterocycles. The van der Waals surface area contributed by atoms with Gasteiger partial charge in [-0.3, -0.25) is 4.79 Å². The molecule has 0 aromatic rings. The predicted molar refractivity (Wildman–Crippen MR) is 229 cm³/mol. The second-order valence-corrected chi connectivity index (χ2v) is 16.8. The molecule has 0 saturated heterocycles. The van der Waals surface area contributed by atoms with Crippen molar-refractivity contribution < 1.29 is 9.53 Å². The summed E-state index contributed by atoms with van der Waals surface area (Å²) in [5.41, 5.74) is 0. The van der Waals surface area contributed by atoms with Gasteiger partial charge in [0.2, 0.25) is 0 Å². The summed E-state index contributed by atoms with van der Waals surface area (Å²) in [6.07, 6.45) is 45.9. The van der Waals surface area contributed by atoms with Crippen molar-refractivity contribution in [1.29, 1.82) is 0 Å². The topological polar surface area (TPSA) is 29.5 Å². The highest BCUT2D eigenvalue weighted by atomic mass is 16.5. The van der Waals surface area contributed by atoms with Crippen LogP contribution in [0.1, 0.15) is 260 Å². The standard InChI is InChI=1S/C48H97NO2/c1-7-13-34-45(35-14-8-2)38-30-26-22-18-17-19-23-27-31-39-46(41-42-49(11-5)12-6)40-32-28-24-20-21-25-29-33-43-51-48(50)44-47(36-15-9-3)37-16-10-4/h45-47H,7-44H2,1-6H3. The highest BCUT2D eigenvalue weighted by Crippen LogP contribution is 2.25. The Labute approximate surface area is 323 Å². The number of hydrogen-bond donors (Lipinski definition) is 0. The van der Waals surface area contributed by atoms with Gasteiger partial charge in [-0.25, -0.2) is 0 Å². The van der Waals surface area contributed by atoms with Crippen LogP contribution in [-0.4, -0.2) is 37.1 Å². The summed E-state index contributed by atoms with van der Waals surface area (Å²) >= 11 is 0. The van der Waals surface area contributed by atoms with Crippen molar-refractivity contribution in [3.05, 3.63) is 0 Å². The van der Waals surface area contributed by atoms with Crippen LogP contribution in [0, 0.1) is 17.8 Å². The Kier molecular flexibility index (Phi) is 40.2. The quantitative estimate of drug-likeness (QED) is 0.0465. The van der Waals surface area contributed by atoms with Crippen LogP contribution < -0.4 is 0 Å². The fraction of sp³-hybridized carbons (Fsp3) is 0.979. The number of carbonyl (C=O) groups is 1. The smallest absolute Gasteiger partial charge is 0.306 e. The lowest BCUT2D eigenvalue weighted by Gasteiger charge is -2.23. The number of unbranched alkanes of at least 4 members (excludes halogenated alkanes) is 19. The molecule has 0 aromatic heterocycles. The van der Waals surface area contributed by atoms with E-state index in [-0.39, 0.29) is 5.97 Å². The maximum Gasteiger partial charge on any atom is 0.306 e. The Morgan fingerprint density at radius 3 is 1.08 bits per heavy atom. The lowest BCUT2D eigenvalue weighted by atomic mass is 9.90. The van der Waals surface area contributed by atoms with E-state index >= 15 is 0 Å². The molecule has 0 aliphatic rings. The van der Waals surface area contributed by atoms with Gasteiger partial charge in [0.05, 0.1) is 6.61 Å². The molecular weight excluding hydrogens is 623 g/mol. The normalized spacial score (nSPS) is 12.5. The number of ether oxygens (including phenoxy) is 1. The van der Waals surface area contributed by atoms with Gasteiger partial charge in [0.15, 0.2) is 0 Å². The fourth-order valence-corrected chi connectivity index (χ4v) is 8.27. The number of esters is 1. The molecule has 0 spiro atoms. The van der Waals surface area contributed by atoms with E-state index in [0.717, 1.165) is 18.3 Å². The van der Waals surface area contributed by atoms with Crippen molar-refractivity contribution in [2.45, 2.75) is 260 Å². The lowest BCUT2D eigenvalue weighted by Crippen LogP contribution is -2.25. The molecule has 0 aliphatic heterocycles. The minimum absolute atomic E-state index is 0.0440. The highest BCUT2D eigenvalue weighted by Gasteiger charge is 2.15. The Hall–Kier alpha value is -0.570. The van der Waals surface area contributed by atoms with Gasteiger partial charge in [0.25, 0.3) is 0 Å². The van der Waals surface area contributed by atoms with Crippen LogP contribution in [-0.2, 0) is 9.53 Å². The molecule has 0 aliphatic carbocycles. The Morgan fingerprint density at radius 2 is 0.706 bits per heavy atom. The van der Waals surface area contributed by atoms with E-state index in [9.17, 15) is 4.79 Å². The number of carbonyl (C=O) groups excluding carboxylic acids is 1. The van der Waals surface area contributed by atoms with Crippen molar-refractivity contribution in [3.63, 3.8) is 0 Å². The number of hydrogen-bond acceptors (Lipinski definition) is 3. The van der Waals surface area contributed by atoms with Crippen LogP contribution in [0.4, 0.5) is 0 Å². The largest absolute Gasteiger partial charge is 0.466 e. The van der Waals surface area contributed by atoms with Crippen LogP contribution >= 0.6 is 0 Å². The van der Waals surface area contributed by atoms with Crippen LogP contribution in [0.3, 0.4) is 0 Å². The molecule has 0 rings (SSSR count). The van der Waals surface area contributed by atoms with Gasteiger partial charge in [-0.2, -0.15) is 0 Å². The van der Waals surface area contributed by atoms with Crippen molar-refractivity contribution in [1.82, 2.24) is 4.90 Å². The SMILES string of the molecule is CCCCC(CCCC)CCCCCCCCCCCC(CCCCCCCCCCOC(=O)CC(CCCC)CCCC)CCN(CC)CC. The van der Waals surface area contributed by atoms with Crippen molar-refractivity contribution in [3.8, 4) is 0 Å². The van der Waals surface area contributed by atoms with Crippen LogP contribution in [0.5, 0.6) is 0 Å². The third kappa shape index (κ3) is 34.9. The zero-order chi connectivity index (χ0) is 37.5. The van der Waals surface area contributed by atoms with Crippen molar-refractivity contribution >= 4 is 5.97 Å². The third-order valence-corrected chi connectivity index (χ3v) is 12.1. The molecule has 1 atom stereocenters. The summed E-state index contributed by atoms with van der Waals surface area (Å²) in [6.45, 7) is 18.1. The van der Waals surface area contributed by atoms with Gasteiger partial charge in [-0.15, -0.1) is 0 Å². The number of rotatable bonds is 42. The van der Waals surface area contributed by atoms with Gasteiger partial charge in [0.1, 0.15) is 0 Å². The first kappa shape index (κ1) is 50.4. The van der Waals surface area contributed by atoms with E-state index in [1.165, 1.54) is 225 Å². The molecule has 51 heavy (non-hydrogen) atoms. The molecule has 0 amide bonds. The van der Waals surface area contributed by atoms with E-state index in [4.69, 9.17) is 4.74 Å². The van der Waals surface area contributed by atoms with Crippen LogP contribution in [0.25, 0.3) is 0 Å². The molecule has 0 N–H and O–H groups in total. The van der Waals surface area contributed by atoms with Gasteiger partial charge < -0.3 is 9.64 Å². The average Bonchev–Trinajstić information content (AvgIpc) is 3.14. The second-order valence-electron chi connectivity index (χ2n) is 16.8. The molecule has 3 nitrogen and oxygen atoms in total. The maximum atomic E-state index is 12.3. The molecule has 0 saturated carbocycles. The van der Waals surface area contributed by atoms with E-state index < -0.39 is 0 Å². The Morgan fingerprint density at radius 1 is 0.392 bits per heavy atom. The first-order valence-corrected chi connectivity index (χ1v) is 23.9. The summed E-state index contributed by atoms with van der Waals surface area (Å²) in [6, 6.07) is 0. The first-order valence-electron chi connectivity index (χ1n) is 23.9. The molecule has 0 fully saturated rings. The minimum atomic E-state index is 0.0440. The molecule has 306 valence electrons. The van der Waals surface area contributed by atoms with Gasteiger partial charge >= 0.3 is 5.97 Å². The second kappa shape index (κ2) is 40.6. The van der Waals surface area contributed by atoms with Crippen molar-refractivity contribution in [2.24, 2.45) is 17.8 Å². The van der Waals surface area contributed by atoms with E-state index in [0.29, 0.717) is 18.9 Å². The van der Waals surface area contributed by atoms with Gasteiger partial charge in [-0.1, -0.05) is 228 Å². The summed E-state index contributed by atoms with van der Waals surface area (Å²) in [7, 11) is 0. The highest BCUT2D eigenvalue weighted by molar-refractivity contribution is 5.69. The number of nitrogens with zero attached hydrogens (tertiary/aromatic N) is 1. The molecule has 0 aromatic carbocycles. The first-order chi connectivity index (χ1) is 25.0. The van der Waals surface area contributed by atoms with Crippen LogP contribution in [0.2, 0.25) is 0 Å². The predicted octanol–water partition coefficient (Wildman–Crippen LogP) is 16.1. The average molecular weight is 720 g/mol. The Balaban J connectivity index is 3.99. The van der Waals surface area contributed by atoms with E-state index in [1.807, 2.05) is 0 Å². The summed E-state index contributed by atoms with van der Waals surface area (Å²) in [5, 5.41) is 0.